The molecule has 1 aliphatic carbocycles. The van der Waals surface area contributed by atoms with E-state index in [1.807, 2.05) is 17.8 Å². The summed E-state index contributed by atoms with van der Waals surface area (Å²) in [4.78, 5) is 0. The summed E-state index contributed by atoms with van der Waals surface area (Å²) in [6, 6.07) is 0.588. The van der Waals surface area contributed by atoms with Crippen molar-refractivity contribution in [2.45, 2.75) is 25.8 Å². The van der Waals surface area contributed by atoms with E-state index in [4.69, 9.17) is 9.84 Å². The van der Waals surface area contributed by atoms with Crippen LogP contribution in [0.5, 0.6) is 5.88 Å². The van der Waals surface area contributed by atoms with Gasteiger partial charge in [-0.2, -0.15) is 0 Å². The van der Waals surface area contributed by atoms with Crippen molar-refractivity contribution in [1.29, 1.82) is 0 Å². The first kappa shape index (κ1) is 8.56. The number of aliphatic hydroxyl groups is 1. The lowest BCUT2D eigenvalue weighted by Gasteiger charge is -1.99. The topological polar surface area (TPSA) is 47.3 Å². The fourth-order valence-corrected chi connectivity index (χ4v) is 1.28. The van der Waals surface area contributed by atoms with Gasteiger partial charge in [0.15, 0.2) is 0 Å². The molecule has 13 heavy (non-hydrogen) atoms. The Labute approximate surface area is 77.1 Å². The lowest BCUT2D eigenvalue weighted by Crippen LogP contribution is -2.03. The molecule has 0 saturated heterocycles. The van der Waals surface area contributed by atoms with Crippen molar-refractivity contribution >= 4 is 0 Å². The Morgan fingerprint density at radius 3 is 3.08 bits per heavy atom. The van der Waals surface area contributed by atoms with Crippen LogP contribution < -0.4 is 4.74 Å². The third-order valence-electron chi connectivity index (χ3n) is 2.12. The number of rotatable bonds is 4. The number of aliphatic hydroxyl groups excluding tert-OH is 1. The van der Waals surface area contributed by atoms with Crippen LogP contribution in [0.2, 0.25) is 0 Å². The Morgan fingerprint density at radius 2 is 2.46 bits per heavy atom. The number of ether oxygens (including phenoxy) is 1. The van der Waals surface area contributed by atoms with Crippen molar-refractivity contribution < 1.29 is 9.84 Å². The van der Waals surface area contributed by atoms with E-state index < -0.39 is 0 Å². The molecule has 1 fully saturated rings. The molecule has 1 aliphatic rings. The number of aryl methyl sites for hydroxylation is 1. The van der Waals surface area contributed by atoms with Crippen LogP contribution in [0.3, 0.4) is 0 Å². The first-order valence-corrected chi connectivity index (χ1v) is 4.60. The molecular formula is C9H14N2O2. The summed E-state index contributed by atoms with van der Waals surface area (Å²) in [5.74, 6) is 0.654. The van der Waals surface area contributed by atoms with Gasteiger partial charge in [-0.25, -0.2) is 0 Å². The van der Waals surface area contributed by atoms with Crippen LogP contribution in [0.4, 0.5) is 0 Å². The molecule has 2 rings (SSSR count). The van der Waals surface area contributed by atoms with Crippen molar-refractivity contribution in [3.8, 4) is 5.88 Å². The summed E-state index contributed by atoms with van der Waals surface area (Å²) in [7, 11) is 0. The van der Waals surface area contributed by atoms with Crippen molar-refractivity contribution in [3.05, 3.63) is 11.8 Å². The zero-order valence-electron chi connectivity index (χ0n) is 7.73. The van der Waals surface area contributed by atoms with Crippen molar-refractivity contribution in [2.24, 2.45) is 0 Å². The monoisotopic (exact) mass is 182 g/mol. The van der Waals surface area contributed by atoms with E-state index in [1.165, 1.54) is 12.8 Å². The van der Waals surface area contributed by atoms with Crippen LogP contribution in [-0.2, 0) is 0 Å². The minimum absolute atomic E-state index is 0.0374. The molecule has 1 saturated carbocycles. The highest BCUT2D eigenvalue weighted by Crippen LogP contribution is 2.35. The molecule has 4 heteroatoms. The van der Waals surface area contributed by atoms with Gasteiger partial charge in [-0.3, -0.25) is 4.68 Å². The van der Waals surface area contributed by atoms with Crippen LogP contribution in [0, 0.1) is 6.92 Å². The first-order chi connectivity index (χ1) is 6.31. The van der Waals surface area contributed by atoms with Crippen LogP contribution in [0.25, 0.3) is 0 Å². The summed E-state index contributed by atoms with van der Waals surface area (Å²) in [6.07, 6.45) is 4.45. The van der Waals surface area contributed by atoms with E-state index in [2.05, 4.69) is 5.10 Å². The van der Waals surface area contributed by atoms with Gasteiger partial charge in [-0.05, 0) is 19.8 Å². The zero-order chi connectivity index (χ0) is 9.26. The van der Waals surface area contributed by atoms with Gasteiger partial charge in [0.25, 0.3) is 0 Å². The van der Waals surface area contributed by atoms with Crippen molar-refractivity contribution in [1.82, 2.24) is 9.78 Å². The highest BCUT2D eigenvalue weighted by atomic mass is 16.5. The average Bonchev–Trinajstić information content (AvgIpc) is 2.89. The molecule has 1 aromatic rings. The summed E-state index contributed by atoms with van der Waals surface area (Å²) in [5.41, 5.74) is 1.04. The fraction of sp³-hybridized carbons (Fsp3) is 0.667. The predicted molar refractivity (Wildman–Crippen MR) is 47.8 cm³/mol. The molecule has 0 radical (unpaired) electrons. The molecule has 0 aliphatic heterocycles. The summed E-state index contributed by atoms with van der Waals surface area (Å²) >= 11 is 0. The lowest BCUT2D eigenvalue weighted by molar-refractivity contribution is 0.195. The van der Waals surface area contributed by atoms with Gasteiger partial charge in [-0.15, -0.1) is 5.10 Å². The molecule has 0 amide bonds. The maximum atomic E-state index is 8.59. The molecule has 4 nitrogen and oxygen atoms in total. The van der Waals surface area contributed by atoms with Crippen molar-refractivity contribution in [3.63, 3.8) is 0 Å². The molecule has 0 aromatic carbocycles. The smallest absolute Gasteiger partial charge is 0.235 e. The molecular weight excluding hydrogens is 168 g/mol. The second-order valence-corrected chi connectivity index (χ2v) is 3.40. The average molecular weight is 182 g/mol. The van der Waals surface area contributed by atoms with Gasteiger partial charge in [0, 0.05) is 11.8 Å². The Morgan fingerprint density at radius 1 is 1.69 bits per heavy atom. The third kappa shape index (κ3) is 1.83. The number of nitrogens with zero attached hydrogens (tertiary/aromatic N) is 2. The Balaban J connectivity index is 2.06. The van der Waals surface area contributed by atoms with E-state index in [9.17, 15) is 0 Å². The second kappa shape index (κ2) is 3.38. The van der Waals surface area contributed by atoms with Crippen LogP contribution in [-0.4, -0.2) is 28.1 Å². The normalized spacial score (nSPS) is 16.2. The van der Waals surface area contributed by atoms with Gasteiger partial charge in [-0.1, -0.05) is 0 Å². The molecule has 0 atom stereocenters. The van der Waals surface area contributed by atoms with E-state index in [1.54, 1.807) is 0 Å². The molecule has 72 valence electrons. The van der Waals surface area contributed by atoms with E-state index in [0.717, 1.165) is 5.56 Å². The van der Waals surface area contributed by atoms with Crippen molar-refractivity contribution in [2.75, 3.05) is 13.2 Å². The Bertz CT molecular complexity index is 292. The third-order valence-corrected chi connectivity index (χ3v) is 2.12. The van der Waals surface area contributed by atoms with Gasteiger partial charge in [0.05, 0.1) is 12.6 Å². The quantitative estimate of drug-likeness (QED) is 0.752. The maximum absolute atomic E-state index is 8.59. The minimum atomic E-state index is 0.0374. The standard InChI is InChI=1S/C9H14N2O2/c1-7-6-11(8-2-3-8)10-9(7)13-5-4-12/h6,8,12H,2-5H2,1H3. The lowest BCUT2D eigenvalue weighted by atomic mass is 10.4. The highest BCUT2D eigenvalue weighted by molar-refractivity contribution is 5.21. The van der Waals surface area contributed by atoms with E-state index >= 15 is 0 Å². The van der Waals surface area contributed by atoms with Gasteiger partial charge >= 0.3 is 0 Å². The highest BCUT2D eigenvalue weighted by Gasteiger charge is 2.25. The minimum Gasteiger partial charge on any atom is -0.474 e. The zero-order valence-corrected chi connectivity index (χ0v) is 7.73. The number of hydrogen-bond acceptors (Lipinski definition) is 3. The van der Waals surface area contributed by atoms with Crippen LogP contribution in [0.1, 0.15) is 24.4 Å². The van der Waals surface area contributed by atoms with Gasteiger partial charge in [0.1, 0.15) is 6.61 Å². The van der Waals surface area contributed by atoms with E-state index in [0.29, 0.717) is 18.5 Å². The first-order valence-electron chi connectivity index (χ1n) is 4.60. The number of hydrogen-bond donors (Lipinski definition) is 1. The molecule has 1 heterocycles. The molecule has 0 bridgehead atoms. The van der Waals surface area contributed by atoms with Gasteiger partial charge < -0.3 is 9.84 Å². The SMILES string of the molecule is Cc1cn(C2CC2)nc1OCCO. The Kier molecular flexibility index (Phi) is 2.22. The van der Waals surface area contributed by atoms with E-state index in [-0.39, 0.29) is 6.61 Å². The van der Waals surface area contributed by atoms with Gasteiger partial charge in [0.2, 0.25) is 5.88 Å². The van der Waals surface area contributed by atoms with Crippen LogP contribution >= 0.6 is 0 Å². The maximum Gasteiger partial charge on any atom is 0.235 e. The summed E-state index contributed by atoms with van der Waals surface area (Å²) in [6.45, 7) is 2.33. The molecule has 0 unspecified atom stereocenters. The molecule has 0 spiro atoms. The van der Waals surface area contributed by atoms with Crippen LogP contribution in [0.15, 0.2) is 6.20 Å². The number of aromatic nitrogens is 2. The fourth-order valence-electron chi connectivity index (χ4n) is 1.28. The molecule has 1 N–H and O–H groups in total. The molecule has 1 aromatic heterocycles. The second-order valence-electron chi connectivity index (χ2n) is 3.40. The summed E-state index contributed by atoms with van der Waals surface area (Å²) in [5, 5.41) is 12.9. The summed E-state index contributed by atoms with van der Waals surface area (Å²) < 4.78 is 7.22. The Hall–Kier alpha value is -1.03. The predicted octanol–water partition coefficient (Wildman–Crippen LogP) is 0.898. The largest absolute Gasteiger partial charge is 0.474 e.